The predicted octanol–water partition coefficient (Wildman–Crippen LogP) is 3.54. The van der Waals surface area contributed by atoms with E-state index in [9.17, 15) is 14.7 Å². The monoisotopic (exact) mass is 433 g/mol. The van der Waals surface area contributed by atoms with Crippen LogP contribution in [0.4, 0.5) is 10.1 Å². The molecule has 0 fully saturated rings. The van der Waals surface area contributed by atoms with Gasteiger partial charge in [0.25, 0.3) is 5.56 Å². The molecule has 0 spiro atoms. The number of aromatic carboxylic acids is 1. The van der Waals surface area contributed by atoms with Gasteiger partial charge in [-0.15, -0.1) is 0 Å². The van der Waals surface area contributed by atoms with Crippen LogP contribution in [-0.4, -0.2) is 34.6 Å². The number of para-hydroxylation sites is 1. The number of nitrogens with zero attached hydrogens (tertiary/aromatic N) is 2. The molecule has 0 amide bonds. The van der Waals surface area contributed by atoms with Crippen molar-refractivity contribution in [3.8, 4) is 22.6 Å². The summed E-state index contributed by atoms with van der Waals surface area (Å²) in [7, 11) is 0. The third-order valence-electron chi connectivity index (χ3n) is 6.70. The van der Waals surface area contributed by atoms with Crippen molar-refractivity contribution in [3.63, 3.8) is 0 Å². The largest absolute Gasteiger partial charge is 0.477 e. The molecule has 0 bridgehead atoms. The molecule has 4 heterocycles. The number of nitrogens with two attached hydrogens (primary N) is 1. The van der Waals surface area contributed by atoms with Gasteiger partial charge < -0.3 is 20.5 Å². The molecule has 1 atom stereocenters. The maximum Gasteiger partial charge on any atom is 0.341 e. The highest BCUT2D eigenvalue weighted by molar-refractivity contribution is 6.00. The molecule has 162 valence electrons. The van der Waals surface area contributed by atoms with Gasteiger partial charge in [0, 0.05) is 36.3 Å². The third-order valence-corrected chi connectivity index (χ3v) is 6.70. The minimum absolute atomic E-state index is 0.0180. The quantitative estimate of drug-likeness (QED) is 0.470. The molecular formula is C24H20FN3O4. The number of carboxylic acids is 1. The molecule has 0 saturated heterocycles. The normalized spacial score (nSPS) is 19.1. The van der Waals surface area contributed by atoms with Crippen molar-refractivity contribution in [1.82, 2.24) is 4.40 Å². The number of carbonyl (C=O) groups is 1. The maximum atomic E-state index is 15.7. The van der Waals surface area contributed by atoms with E-state index in [1.165, 1.54) is 17.2 Å². The van der Waals surface area contributed by atoms with Gasteiger partial charge in [-0.25, -0.2) is 9.18 Å². The number of pyridine rings is 2. The van der Waals surface area contributed by atoms with E-state index >= 15 is 4.39 Å². The van der Waals surface area contributed by atoms with Crippen molar-refractivity contribution < 1.29 is 19.0 Å². The Morgan fingerprint density at radius 2 is 2.03 bits per heavy atom. The Morgan fingerprint density at radius 1 is 1.22 bits per heavy atom. The summed E-state index contributed by atoms with van der Waals surface area (Å²) in [6.07, 6.45) is 3.97. The van der Waals surface area contributed by atoms with Gasteiger partial charge in [-0.05, 0) is 36.5 Å². The highest BCUT2D eigenvalue weighted by Gasteiger charge is 2.35. The fourth-order valence-corrected chi connectivity index (χ4v) is 5.25. The second kappa shape index (κ2) is 6.67. The molecule has 1 unspecified atom stereocenters. The molecule has 6 rings (SSSR count). The number of aromatic nitrogens is 1. The van der Waals surface area contributed by atoms with Crippen LogP contribution < -0.4 is 20.9 Å². The number of carboxylic acid groups (broad SMARTS) is 1. The van der Waals surface area contributed by atoms with Gasteiger partial charge in [0.2, 0.25) is 0 Å². The predicted molar refractivity (Wildman–Crippen MR) is 117 cm³/mol. The molecule has 3 aromatic rings. The molecule has 7 nitrogen and oxygen atoms in total. The van der Waals surface area contributed by atoms with Crippen molar-refractivity contribution in [1.29, 1.82) is 0 Å². The van der Waals surface area contributed by atoms with E-state index in [0.717, 1.165) is 29.9 Å². The Morgan fingerprint density at radius 3 is 2.81 bits per heavy atom. The molecule has 1 aromatic carbocycles. The Bertz CT molecular complexity index is 1420. The molecule has 0 saturated carbocycles. The van der Waals surface area contributed by atoms with Crippen LogP contribution in [0.3, 0.4) is 0 Å². The molecule has 8 heteroatoms. The van der Waals surface area contributed by atoms with Gasteiger partial charge in [0.05, 0.1) is 11.9 Å². The van der Waals surface area contributed by atoms with E-state index in [1.807, 2.05) is 17.0 Å². The van der Waals surface area contributed by atoms with Gasteiger partial charge >= 0.3 is 5.97 Å². The molecule has 1 aliphatic carbocycles. The topological polar surface area (TPSA) is 97.3 Å². The Hall–Kier alpha value is -3.65. The zero-order valence-corrected chi connectivity index (χ0v) is 17.1. The van der Waals surface area contributed by atoms with Gasteiger partial charge in [-0.2, -0.15) is 0 Å². The standard InChI is InChI=1S/C24H20FN3O4/c25-16-11-28-22-19(8-14(23(28)29)24(30)31)32-18-7-2-1-5-13(18)20(22)21(16)27-9-12-4-3-6-17(26)15(12)10-27/h1-2,5,7-8,11,17H,3-4,6,9-10,26H2,(H,30,31). The van der Waals surface area contributed by atoms with E-state index in [4.69, 9.17) is 10.5 Å². The molecule has 2 aromatic heterocycles. The van der Waals surface area contributed by atoms with Crippen LogP contribution >= 0.6 is 0 Å². The van der Waals surface area contributed by atoms with Crippen molar-refractivity contribution in [2.24, 2.45) is 5.73 Å². The van der Waals surface area contributed by atoms with Crippen molar-refractivity contribution in [3.05, 3.63) is 69.4 Å². The summed E-state index contributed by atoms with van der Waals surface area (Å²) < 4.78 is 22.7. The number of benzene rings is 1. The van der Waals surface area contributed by atoms with E-state index < -0.39 is 22.9 Å². The summed E-state index contributed by atoms with van der Waals surface area (Å²) in [6.45, 7) is 1.12. The molecule has 3 N–H and O–H groups in total. The highest BCUT2D eigenvalue weighted by atomic mass is 19.1. The van der Waals surface area contributed by atoms with Gasteiger partial charge in [-0.3, -0.25) is 9.20 Å². The lowest BCUT2D eigenvalue weighted by Gasteiger charge is -2.29. The fraction of sp³-hybridized carbons (Fsp3) is 0.250. The maximum absolute atomic E-state index is 15.7. The number of hydrogen-bond acceptors (Lipinski definition) is 5. The second-order valence-corrected chi connectivity index (χ2v) is 8.53. The van der Waals surface area contributed by atoms with Crippen LogP contribution in [0.1, 0.15) is 29.6 Å². The first-order chi connectivity index (χ1) is 15.4. The first kappa shape index (κ1) is 19.1. The van der Waals surface area contributed by atoms with Gasteiger partial charge in [-0.1, -0.05) is 18.2 Å². The lowest BCUT2D eigenvalue weighted by molar-refractivity contribution is 0.0694. The van der Waals surface area contributed by atoms with E-state index in [0.29, 0.717) is 41.2 Å². The van der Waals surface area contributed by atoms with Crippen LogP contribution in [0, 0.1) is 5.82 Å². The number of hydrogen-bond donors (Lipinski definition) is 2. The van der Waals surface area contributed by atoms with Crippen molar-refractivity contribution in [2.45, 2.75) is 25.3 Å². The number of anilines is 1. The third kappa shape index (κ3) is 2.56. The second-order valence-electron chi connectivity index (χ2n) is 8.53. The number of fused-ring (bicyclic) bond motifs is 2. The van der Waals surface area contributed by atoms with Crippen LogP contribution in [0.15, 0.2) is 52.5 Å². The van der Waals surface area contributed by atoms with E-state index in [2.05, 4.69) is 0 Å². The molecule has 3 aliphatic rings. The Kier molecular flexibility index (Phi) is 3.98. The van der Waals surface area contributed by atoms with Crippen molar-refractivity contribution >= 4 is 17.2 Å². The summed E-state index contributed by atoms with van der Waals surface area (Å²) in [5.41, 5.74) is 9.43. The first-order valence-corrected chi connectivity index (χ1v) is 10.6. The van der Waals surface area contributed by atoms with Crippen molar-refractivity contribution in [2.75, 3.05) is 18.0 Å². The number of ether oxygens (including phenoxy) is 1. The average Bonchev–Trinajstić information content (AvgIpc) is 3.20. The fourth-order valence-electron chi connectivity index (χ4n) is 5.25. The van der Waals surface area contributed by atoms with Crippen LogP contribution in [-0.2, 0) is 0 Å². The van der Waals surface area contributed by atoms with Gasteiger partial charge in [0.15, 0.2) is 11.6 Å². The minimum Gasteiger partial charge on any atom is -0.477 e. The van der Waals surface area contributed by atoms with Crippen LogP contribution in [0.2, 0.25) is 0 Å². The van der Waals surface area contributed by atoms with E-state index in [-0.39, 0.29) is 11.8 Å². The summed E-state index contributed by atoms with van der Waals surface area (Å²) in [6, 6.07) is 8.40. The molecule has 2 aliphatic heterocycles. The highest BCUT2D eigenvalue weighted by Crippen LogP contribution is 2.50. The van der Waals surface area contributed by atoms with E-state index in [1.54, 1.807) is 12.1 Å². The summed E-state index contributed by atoms with van der Waals surface area (Å²) in [4.78, 5) is 26.5. The minimum atomic E-state index is -1.39. The van der Waals surface area contributed by atoms with Crippen LogP contribution in [0.25, 0.3) is 16.6 Å². The molecule has 32 heavy (non-hydrogen) atoms. The number of rotatable bonds is 2. The lowest BCUT2D eigenvalue weighted by atomic mass is 9.90. The SMILES string of the molecule is NC1CCCC2=C1CN(c1c(F)cn3c(=O)c(C(=O)O)cc4c3c1-c1ccccc1O4)C2. The lowest BCUT2D eigenvalue weighted by Crippen LogP contribution is -2.30. The summed E-state index contributed by atoms with van der Waals surface area (Å²) in [5, 5.41) is 9.48. The summed E-state index contributed by atoms with van der Waals surface area (Å²) >= 11 is 0. The summed E-state index contributed by atoms with van der Waals surface area (Å²) in [5.74, 6) is -1.28. The smallest absolute Gasteiger partial charge is 0.341 e. The Labute approximate surface area is 182 Å². The van der Waals surface area contributed by atoms with Crippen LogP contribution in [0.5, 0.6) is 11.5 Å². The number of halogens is 1. The zero-order valence-electron chi connectivity index (χ0n) is 17.1. The Balaban J connectivity index is 1.65. The first-order valence-electron chi connectivity index (χ1n) is 10.6. The molecule has 0 radical (unpaired) electrons. The molecular weight excluding hydrogens is 413 g/mol. The van der Waals surface area contributed by atoms with Gasteiger partial charge in [0.1, 0.15) is 16.8 Å². The average molecular weight is 433 g/mol. The zero-order chi connectivity index (χ0) is 22.1.